The molecule has 2 amide bonds. The number of aryl methyl sites for hydroxylation is 1. The van der Waals surface area contributed by atoms with Crippen LogP contribution in [0.2, 0.25) is 5.02 Å². The number of methoxy groups -OCH3 is 1. The topological polar surface area (TPSA) is 116 Å². The highest BCUT2D eigenvalue weighted by atomic mass is 35.5. The predicted molar refractivity (Wildman–Crippen MR) is 184 cm³/mol. The molecule has 2 fully saturated rings. The van der Waals surface area contributed by atoms with Gasteiger partial charge < -0.3 is 30.1 Å². The Morgan fingerprint density at radius 3 is 2.64 bits per heavy atom. The van der Waals surface area contributed by atoms with Gasteiger partial charge in [-0.15, -0.1) is 0 Å². The minimum Gasteiger partial charge on any atom is -0.493 e. The van der Waals surface area contributed by atoms with Gasteiger partial charge in [-0.3, -0.25) is 9.59 Å². The van der Waals surface area contributed by atoms with Crippen LogP contribution < -0.4 is 25.2 Å². The van der Waals surface area contributed by atoms with Crippen molar-refractivity contribution in [1.29, 1.82) is 0 Å². The number of para-hydroxylation sites is 1. The van der Waals surface area contributed by atoms with Gasteiger partial charge in [0.15, 0.2) is 22.5 Å². The third-order valence-corrected chi connectivity index (χ3v) is 9.43. The number of amides is 2. The third-order valence-electron chi connectivity index (χ3n) is 8.20. The summed E-state index contributed by atoms with van der Waals surface area (Å²) in [6.07, 6.45) is 3.67. The number of carbonyl (C=O) groups excluding carboxylic acids is 2. The predicted octanol–water partition coefficient (Wildman–Crippen LogP) is 5.95. The first kappa shape index (κ1) is 32.2. The third kappa shape index (κ3) is 6.72. The fourth-order valence-corrected chi connectivity index (χ4v) is 6.62. The highest BCUT2D eigenvalue weighted by Gasteiger charge is 2.33. The largest absolute Gasteiger partial charge is 0.493 e. The maximum absolute atomic E-state index is 14.0. The van der Waals surface area contributed by atoms with Gasteiger partial charge in [0.05, 0.1) is 48.5 Å². The Bertz CT molecular complexity index is 1810. The molecule has 4 aromatic rings. The number of nitrogens with one attached hydrogen (secondary N) is 2. The molecule has 0 saturated carbocycles. The number of aromatic nitrogens is 3. The fraction of sp³-hybridized carbons (Fsp3) is 0.303. The number of rotatable bonds is 9. The summed E-state index contributed by atoms with van der Waals surface area (Å²) < 4.78 is 19.6. The van der Waals surface area contributed by atoms with E-state index in [1.807, 2.05) is 43.0 Å². The Hall–Kier alpha value is -4.75. The average molecular weight is 677 g/mol. The number of nitrogens with zero attached hydrogens (tertiary/aromatic N) is 6. The number of carbonyl (C=O) groups is 2. The van der Waals surface area contributed by atoms with Gasteiger partial charge >= 0.3 is 0 Å². The van der Waals surface area contributed by atoms with Gasteiger partial charge in [-0.05, 0) is 49.8 Å². The monoisotopic (exact) mass is 676 g/mol. The van der Waals surface area contributed by atoms with Crippen LogP contribution in [-0.2, 0) is 4.79 Å². The number of anilines is 5. The molecule has 0 aliphatic carbocycles. The van der Waals surface area contributed by atoms with Gasteiger partial charge in [-0.25, -0.2) is 19.3 Å². The smallest absolute Gasteiger partial charge is 0.267 e. The molecule has 0 spiro atoms. The van der Waals surface area contributed by atoms with Gasteiger partial charge in [0.1, 0.15) is 11.0 Å². The van der Waals surface area contributed by atoms with E-state index < -0.39 is 6.17 Å². The Morgan fingerprint density at radius 1 is 1.13 bits per heavy atom. The molecule has 2 saturated heterocycles. The molecule has 2 aliphatic heterocycles. The highest BCUT2D eigenvalue weighted by molar-refractivity contribution is 7.17. The van der Waals surface area contributed by atoms with Crippen molar-refractivity contribution >= 4 is 62.9 Å². The molecule has 14 heteroatoms. The normalized spacial score (nSPS) is 16.4. The van der Waals surface area contributed by atoms with Crippen molar-refractivity contribution in [3.05, 3.63) is 76.9 Å². The molecule has 1 atom stereocenters. The summed E-state index contributed by atoms with van der Waals surface area (Å²) in [6, 6.07) is 11.0. The van der Waals surface area contributed by atoms with E-state index in [4.69, 9.17) is 26.3 Å². The number of benzene rings is 1. The zero-order valence-corrected chi connectivity index (χ0v) is 27.7. The molecule has 6 rings (SSSR count). The van der Waals surface area contributed by atoms with Gasteiger partial charge in [0, 0.05) is 37.4 Å². The quantitative estimate of drug-likeness (QED) is 0.208. The van der Waals surface area contributed by atoms with Crippen LogP contribution in [-0.4, -0.2) is 83.7 Å². The first-order valence-electron chi connectivity index (χ1n) is 15.1. The number of halogens is 2. The van der Waals surface area contributed by atoms with Gasteiger partial charge in [-0.1, -0.05) is 41.6 Å². The lowest BCUT2D eigenvalue weighted by molar-refractivity contribution is -0.128. The lowest BCUT2D eigenvalue weighted by atomic mass is 10.1. The number of hydrogen-bond donors (Lipinski definition) is 2. The Morgan fingerprint density at radius 2 is 1.94 bits per heavy atom. The summed E-state index contributed by atoms with van der Waals surface area (Å²) in [5, 5.41) is 6.95. The minimum absolute atomic E-state index is 0.0384. The fourth-order valence-electron chi connectivity index (χ4n) is 5.64. The second-order valence-corrected chi connectivity index (χ2v) is 12.8. The van der Waals surface area contributed by atoms with Crippen LogP contribution >= 0.6 is 22.9 Å². The maximum Gasteiger partial charge on any atom is 0.267 e. The van der Waals surface area contributed by atoms with Crippen LogP contribution in [0.5, 0.6) is 5.75 Å². The number of hydrogen-bond acceptors (Lipinski definition) is 10. The molecular formula is C33H34ClFN8O3S. The van der Waals surface area contributed by atoms with E-state index in [0.29, 0.717) is 57.6 Å². The standard InChI is InChI=1S/C33H34ClFN8O3S/c1-5-28(44)43-12-11-41(16-20(43)3)31-25(42-17-22(35)18-42)13-21(14-36-31)24-9-10-26(46-4)30(38-24)40-33-37-15-27(47-33)32(45)39-29-19(2)7-6-8-23(29)34/h5-10,13-15,20,22H,1,11-12,16-18H2,2-4H3,(H,39,45)(H,37,38,40)/t20-/m1/s1. The SMILES string of the molecule is C=CC(=O)N1CCN(c2ncc(-c3ccc(OC)c(Nc4ncc(C(=O)Nc5c(C)cccc5Cl)s4)n3)cc2N2CC(F)C2)C[C@H]1C. The van der Waals surface area contributed by atoms with Crippen LogP contribution in [0.25, 0.3) is 11.3 Å². The molecule has 2 N–H and O–H groups in total. The number of alkyl halides is 1. The second-order valence-electron chi connectivity index (χ2n) is 11.4. The molecule has 0 bridgehead atoms. The van der Waals surface area contributed by atoms with Gasteiger partial charge in [0.2, 0.25) is 5.91 Å². The van der Waals surface area contributed by atoms with Gasteiger partial charge in [-0.2, -0.15) is 0 Å². The zero-order chi connectivity index (χ0) is 33.2. The minimum atomic E-state index is -0.902. The van der Waals surface area contributed by atoms with Crippen molar-refractivity contribution in [2.75, 3.05) is 60.3 Å². The Kier molecular flexibility index (Phi) is 9.28. The average Bonchev–Trinajstić information content (AvgIpc) is 3.53. The Labute approximate surface area is 281 Å². The van der Waals surface area contributed by atoms with E-state index >= 15 is 0 Å². The summed E-state index contributed by atoms with van der Waals surface area (Å²) in [5.74, 6) is 1.20. The van der Waals surface area contributed by atoms with E-state index in [1.54, 1.807) is 30.3 Å². The van der Waals surface area contributed by atoms with Crippen molar-refractivity contribution in [3.8, 4) is 17.0 Å². The van der Waals surface area contributed by atoms with E-state index in [0.717, 1.165) is 34.0 Å². The lowest BCUT2D eigenvalue weighted by Crippen LogP contribution is -2.55. The molecule has 244 valence electrons. The maximum atomic E-state index is 14.0. The Balaban J connectivity index is 1.24. The highest BCUT2D eigenvalue weighted by Crippen LogP contribution is 2.37. The molecular weight excluding hydrogens is 643 g/mol. The van der Waals surface area contributed by atoms with Crippen LogP contribution in [0.4, 0.5) is 32.5 Å². The van der Waals surface area contributed by atoms with Crippen molar-refractivity contribution in [3.63, 3.8) is 0 Å². The first-order chi connectivity index (χ1) is 22.6. The van der Waals surface area contributed by atoms with Crippen LogP contribution in [0, 0.1) is 6.92 Å². The zero-order valence-electron chi connectivity index (χ0n) is 26.2. The molecule has 11 nitrogen and oxygen atoms in total. The summed E-state index contributed by atoms with van der Waals surface area (Å²) in [6.45, 7) is 9.76. The van der Waals surface area contributed by atoms with E-state index in [9.17, 15) is 14.0 Å². The van der Waals surface area contributed by atoms with Crippen LogP contribution in [0.15, 0.2) is 61.4 Å². The van der Waals surface area contributed by atoms with E-state index in [2.05, 4.69) is 27.1 Å². The number of ether oxygens (including phenoxy) is 1. The van der Waals surface area contributed by atoms with E-state index in [1.165, 1.54) is 12.3 Å². The second kappa shape index (κ2) is 13.5. The number of piperazine rings is 1. The van der Waals surface area contributed by atoms with Crippen molar-refractivity contribution in [2.24, 2.45) is 0 Å². The van der Waals surface area contributed by atoms with Crippen molar-refractivity contribution < 1.29 is 18.7 Å². The van der Waals surface area contributed by atoms with E-state index in [-0.39, 0.29) is 30.9 Å². The molecule has 2 aliphatic rings. The summed E-state index contributed by atoms with van der Waals surface area (Å²) in [7, 11) is 1.55. The molecule has 3 aromatic heterocycles. The summed E-state index contributed by atoms with van der Waals surface area (Å²) in [4.78, 5) is 45.6. The van der Waals surface area contributed by atoms with Crippen LogP contribution in [0.3, 0.4) is 0 Å². The number of thiazole rings is 1. The molecule has 0 radical (unpaired) electrons. The molecule has 1 aromatic carbocycles. The molecule has 5 heterocycles. The van der Waals surface area contributed by atoms with Crippen molar-refractivity contribution in [2.45, 2.75) is 26.1 Å². The molecule has 47 heavy (non-hydrogen) atoms. The number of pyridine rings is 2. The summed E-state index contributed by atoms with van der Waals surface area (Å²) in [5.41, 5.74) is 3.56. The first-order valence-corrected chi connectivity index (χ1v) is 16.3. The molecule has 0 unspecified atom stereocenters. The van der Waals surface area contributed by atoms with Crippen LogP contribution in [0.1, 0.15) is 22.2 Å². The summed E-state index contributed by atoms with van der Waals surface area (Å²) >= 11 is 7.45. The van der Waals surface area contributed by atoms with Gasteiger partial charge in [0.25, 0.3) is 5.91 Å². The van der Waals surface area contributed by atoms with Crippen molar-refractivity contribution in [1.82, 2.24) is 19.9 Å². The lowest BCUT2D eigenvalue weighted by Gasteiger charge is -2.43.